The fourth-order valence-corrected chi connectivity index (χ4v) is 31.8. The predicted octanol–water partition coefficient (Wildman–Crippen LogP) is 5.61. The fourth-order valence-electron chi connectivity index (χ4n) is 6.19. The molecule has 0 amide bonds. The van der Waals surface area contributed by atoms with Crippen LogP contribution in [0.1, 0.15) is 0 Å². The quantitative estimate of drug-likeness (QED) is 0.184. The van der Waals surface area contributed by atoms with E-state index in [1.165, 1.54) is 0 Å². The van der Waals surface area contributed by atoms with E-state index in [2.05, 4.69) is 0 Å². The zero-order chi connectivity index (χ0) is 37.2. The zero-order valence-corrected chi connectivity index (χ0v) is 38.2. The van der Waals surface area contributed by atoms with Gasteiger partial charge in [0.1, 0.15) is 0 Å². The first-order chi connectivity index (χ1) is 20.4. The van der Waals surface area contributed by atoms with E-state index < -0.39 is 37.5 Å². The van der Waals surface area contributed by atoms with Crippen LogP contribution in [0.5, 0.6) is 0 Å². The molecule has 280 valence electrons. The van der Waals surface area contributed by atoms with Crippen molar-refractivity contribution in [1.29, 1.82) is 0 Å². The van der Waals surface area contributed by atoms with Crippen LogP contribution >= 0.6 is 37.5 Å². The molecule has 0 unspecified atom stereocenters. The normalized spacial score (nSPS) is 15.7. The molecule has 16 nitrogen and oxygen atoms in total. The molecule has 0 spiro atoms. The minimum atomic E-state index is -5.94. The maximum absolute atomic E-state index is 20.7. The third-order valence-electron chi connectivity index (χ3n) is 7.54. The first kappa shape index (κ1) is 46.8. The monoisotopic (exact) mass is 758 g/mol. The fraction of sp³-hybridized carbons (Fsp3) is 1.00. The number of halogens is 1. The van der Waals surface area contributed by atoms with E-state index in [0.29, 0.717) is 0 Å². The molecule has 0 atom stereocenters. The first-order valence-electron chi connectivity index (χ1n) is 14.9. The molecule has 22 heteroatoms. The van der Waals surface area contributed by atoms with Crippen LogP contribution in [0.4, 0.5) is 4.20 Å². The van der Waals surface area contributed by atoms with Gasteiger partial charge in [-0.1, -0.05) is 0 Å². The summed E-state index contributed by atoms with van der Waals surface area (Å²) in [6, 6.07) is 0. The van der Waals surface area contributed by atoms with Gasteiger partial charge in [0.2, 0.25) is 0 Å². The van der Waals surface area contributed by atoms with Crippen LogP contribution in [-0.4, -0.2) is 225 Å². The summed E-state index contributed by atoms with van der Waals surface area (Å²) < 4.78 is 67.1. The van der Waals surface area contributed by atoms with E-state index in [0.717, 1.165) is 0 Å². The van der Waals surface area contributed by atoms with Crippen LogP contribution in [0.15, 0.2) is 18.1 Å². The summed E-state index contributed by atoms with van der Waals surface area (Å²) in [6.07, 6.45) is 0. The van der Waals surface area contributed by atoms with Crippen molar-refractivity contribution >= 4 is 37.5 Å². The van der Waals surface area contributed by atoms with Crippen molar-refractivity contribution in [3.05, 3.63) is 0 Å². The van der Waals surface area contributed by atoms with Gasteiger partial charge in [-0.15, -0.1) is 0 Å². The van der Waals surface area contributed by atoms with E-state index in [9.17, 15) is 0 Å². The van der Waals surface area contributed by atoms with Crippen LogP contribution in [-0.2, 0) is 0 Å². The molecule has 0 bridgehead atoms. The van der Waals surface area contributed by atoms with Gasteiger partial charge in [0.25, 0.3) is 0 Å². The second-order valence-electron chi connectivity index (χ2n) is 13.5. The van der Waals surface area contributed by atoms with Crippen molar-refractivity contribution in [2.45, 2.75) is 0 Å². The molecular weight excluding hydrogens is 686 g/mol. The van der Waals surface area contributed by atoms with Crippen molar-refractivity contribution in [3.8, 4) is 0 Å². The molecule has 0 aliphatic heterocycles. The summed E-state index contributed by atoms with van der Waals surface area (Å²) in [5, 5.41) is 0. The van der Waals surface area contributed by atoms with Gasteiger partial charge in [0.05, 0.1) is 0 Å². The second-order valence-corrected chi connectivity index (χ2v) is 31.9. The van der Waals surface area contributed by atoms with Gasteiger partial charge in [-0.25, -0.2) is 0 Å². The van der Waals surface area contributed by atoms with Crippen LogP contribution < -0.4 is 0 Å². The molecule has 0 N–H and O–H groups in total. The third kappa shape index (κ3) is 8.46. The molecule has 46 heavy (non-hydrogen) atoms. The number of rotatable bonds is 16. The Morgan fingerprint density at radius 1 is 0.261 bits per heavy atom. The molecule has 0 saturated carbocycles. The summed E-state index contributed by atoms with van der Waals surface area (Å²) in [5.41, 5.74) is 0. The second kappa shape index (κ2) is 16.4. The van der Waals surface area contributed by atoms with E-state index in [4.69, 9.17) is 18.1 Å². The van der Waals surface area contributed by atoms with Crippen molar-refractivity contribution in [2.24, 2.45) is 18.1 Å². The topological polar surface area (TPSA) is 88.3 Å². The van der Waals surface area contributed by atoms with Gasteiger partial charge in [0, 0.05) is 0 Å². The van der Waals surface area contributed by atoms with E-state index in [1.807, 2.05) is 225 Å². The Morgan fingerprint density at radius 3 is 0.413 bits per heavy atom. The standard InChI is InChI=1S/C24H72FN16P5/c1-30(2)42(31(3)4,32(5)6)26-46(25,27-43(33(7)8,34(9)10)35(11)12,28-44(36(13)14,37(15)16)38(17)18)29-45(39(19)20,40(21)22)41(23)24/h1-24H3. The van der Waals surface area contributed by atoms with Crippen LogP contribution in [0, 0.1) is 0 Å². The molecule has 0 fully saturated rings. The Labute approximate surface area is 284 Å². The van der Waals surface area contributed by atoms with Crippen LogP contribution in [0.2, 0.25) is 0 Å². The predicted molar refractivity (Wildman–Crippen MR) is 210 cm³/mol. The van der Waals surface area contributed by atoms with Crippen molar-refractivity contribution in [2.75, 3.05) is 169 Å². The molecule has 0 aliphatic carbocycles. The van der Waals surface area contributed by atoms with Gasteiger partial charge < -0.3 is 0 Å². The van der Waals surface area contributed by atoms with Crippen molar-refractivity contribution in [1.82, 2.24) is 56.0 Å². The number of hydrogen-bond donors (Lipinski definition) is 0. The third-order valence-corrected chi connectivity index (χ3v) is 29.2. The minimum absolute atomic E-state index is 1.95. The molecule has 0 aromatic rings. The van der Waals surface area contributed by atoms with E-state index in [1.54, 1.807) is 0 Å². The molecule has 0 heterocycles. The Balaban J connectivity index is 10.6. The summed E-state index contributed by atoms with van der Waals surface area (Å²) in [6.45, 7) is 0. The van der Waals surface area contributed by atoms with Gasteiger partial charge in [-0.3, -0.25) is 0 Å². The number of hydrogen-bond acceptors (Lipinski definition) is 4. The average molecular weight is 759 g/mol. The Hall–Kier alpha value is 0.800. The van der Waals surface area contributed by atoms with E-state index >= 15 is 4.20 Å². The summed E-state index contributed by atoms with van der Waals surface area (Å²) in [5.74, 6) is 0. The Morgan fingerprint density at radius 2 is 0.348 bits per heavy atom. The Bertz CT molecular complexity index is 939. The summed E-state index contributed by atoms with van der Waals surface area (Å²) in [4.78, 5) is 0. The first-order valence-corrected chi connectivity index (χ1v) is 23.2. The van der Waals surface area contributed by atoms with Gasteiger partial charge >= 0.3 is 285 Å². The molecule has 0 aromatic carbocycles. The van der Waals surface area contributed by atoms with Crippen LogP contribution in [0.25, 0.3) is 0 Å². The van der Waals surface area contributed by atoms with Gasteiger partial charge in [0.15, 0.2) is 0 Å². The SMILES string of the molecule is CN(C)P(=NP(F)(N=P(N(C)C)(N(C)C)N(C)C)(N=P(N(C)C)(N(C)C)N(C)C)N=P(N(C)C)(N(C)C)N(C)C)(N(C)C)N(C)C. The summed E-state index contributed by atoms with van der Waals surface area (Å²) >= 11 is 0. The number of nitrogens with zero attached hydrogens (tertiary/aromatic N) is 16. The molecular formula is C24H72FN16P5. The average Bonchev–Trinajstić information content (AvgIpc) is 2.86. The molecule has 0 saturated heterocycles. The summed E-state index contributed by atoms with van der Waals surface area (Å²) in [7, 11) is 28.7. The van der Waals surface area contributed by atoms with Crippen LogP contribution in [0.3, 0.4) is 0 Å². The Kier molecular flexibility index (Phi) is 16.7. The molecule has 0 rings (SSSR count). The van der Waals surface area contributed by atoms with Crippen molar-refractivity contribution < 1.29 is 4.20 Å². The molecule has 0 aromatic heterocycles. The van der Waals surface area contributed by atoms with E-state index in [-0.39, 0.29) is 0 Å². The maximum atomic E-state index is 20.7. The van der Waals surface area contributed by atoms with Gasteiger partial charge in [-0.05, 0) is 0 Å². The van der Waals surface area contributed by atoms with Gasteiger partial charge in [-0.2, -0.15) is 0 Å². The molecule has 0 aliphatic rings. The van der Waals surface area contributed by atoms with Crippen molar-refractivity contribution in [3.63, 3.8) is 0 Å². The zero-order valence-electron chi connectivity index (χ0n) is 33.8. The molecule has 0 radical (unpaired) electrons.